The van der Waals surface area contributed by atoms with Crippen LogP contribution in [0.15, 0.2) is 60.7 Å². The van der Waals surface area contributed by atoms with Crippen LogP contribution in [-0.4, -0.2) is 50.5 Å². The van der Waals surface area contributed by atoms with Crippen molar-refractivity contribution in [1.82, 2.24) is 0 Å². The van der Waals surface area contributed by atoms with E-state index in [0.29, 0.717) is 10.8 Å². The minimum Gasteiger partial charge on any atom is -0.495 e. The second kappa shape index (κ2) is 9.58. The molecule has 2 N–H and O–H groups in total. The monoisotopic (exact) mass is 439 g/mol. The van der Waals surface area contributed by atoms with Gasteiger partial charge in [0.1, 0.15) is 31.5 Å². The number of hydrogen-bond acceptors (Lipinski definition) is 3. The summed E-state index contributed by atoms with van der Waals surface area (Å²) >= 11 is 6.46. The van der Waals surface area contributed by atoms with Crippen molar-refractivity contribution in [2.75, 3.05) is 33.9 Å². The average molecular weight is 440 g/mol. The van der Waals surface area contributed by atoms with Gasteiger partial charge in [0.25, 0.3) is 0 Å². The van der Waals surface area contributed by atoms with Gasteiger partial charge in [-0.25, -0.2) is 0 Å². The lowest BCUT2D eigenvalue weighted by Gasteiger charge is -2.47. The molecule has 0 saturated carbocycles. The number of rotatable bonds is 7. The largest absolute Gasteiger partial charge is 0.495 e. The van der Waals surface area contributed by atoms with E-state index < -0.39 is 0 Å². The van der Waals surface area contributed by atoms with Gasteiger partial charge in [0.2, 0.25) is 0 Å². The third-order valence-corrected chi connectivity index (χ3v) is 7.08. The number of nitrogens with two attached hydrogens (primary N) is 1. The Morgan fingerprint density at radius 1 is 1.13 bits per heavy atom. The summed E-state index contributed by atoms with van der Waals surface area (Å²) in [5.41, 5.74) is 9.40. The van der Waals surface area contributed by atoms with E-state index in [0.717, 1.165) is 54.4 Å². The Bertz CT molecular complexity index is 1030. The van der Waals surface area contributed by atoms with Crippen LogP contribution in [0.2, 0.25) is 5.02 Å². The number of methoxy groups -OCH3 is 1. The van der Waals surface area contributed by atoms with Crippen LogP contribution in [0.5, 0.6) is 5.75 Å². The lowest BCUT2D eigenvalue weighted by molar-refractivity contribution is -0.954. The van der Waals surface area contributed by atoms with Gasteiger partial charge in [-0.3, -0.25) is 0 Å². The molecule has 164 valence electrons. The molecule has 0 spiro atoms. The Morgan fingerprint density at radius 2 is 1.94 bits per heavy atom. The molecule has 3 atom stereocenters. The first-order chi connectivity index (χ1) is 15.0. The number of fused-ring (bicyclic) bond motifs is 1. The zero-order valence-electron chi connectivity index (χ0n) is 18.4. The first-order valence-electron chi connectivity index (χ1n) is 11.0. The topological polar surface area (TPSA) is 44.5 Å². The standard InChI is InChI=1S/C26H32ClN2O2/c1-29(17-20-6-4-3-5-7-20)14-15-31-18-24(29)23(28)12-9-19-8-11-22-21(16-19)10-13-25(30-2)26(22)27/h3-8,10-11,13,16,23-24H,9,12,14-15,17-18,28H2,1-2H3/q+1. The quantitative estimate of drug-likeness (QED) is 0.537. The van der Waals surface area contributed by atoms with E-state index in [1.165, 1.54) is 11.1 Å². The van der Waals surface area contributed by atoms with Crippen LogP contribution < -0.4 is 10.5 Å². The van der Waals surface area contributed by atoms with Crippen LogP contribution in [0.4, 0.5) is 0 Å². The van der Waals surface area contributed by atoms with Gasteiger partial charge in [0.15, 0.2) is 0 Å². The van der Waals surface area contributed by atoms with E-state index in [1.807, 2.05) is 6.07 Å². The van der Waals surface area contributed by atoms with E-state index in [1.54, 1.807) is 7.11 Å². The van der Waals surface area contributed by atoms with Crippen LogP contribution in [0.1, 0.15) is 17.5 Å². The highest BCUT2D eigenvalue weighted by atomic mass is 35.5. The molecule has 0 radical (unpaired) electrons. The number of benzene rings is 3. The Labute approximate surface area is 190 Å². The van der Waals surface area contributed by atoms with Gasteiger partial charge in [-0.15, -0.1) is 0 Å². The van der Waals surface area contributed by atoms with Crippen molar-refractivity contribution in [3.63, 3.8) is 0 Å². The molecule has 3 aromatic rings. The van der Waals surface area contributed by atoms with Crippen LogP contribution >= 0.6 is 11.6 Å². The fraction of sp³-hybridized carbons (Fsp3) is 0.385. The number of likely N-dealkylation sites (N-methyl/N-ethyl adjacent to an activating group) is 1. The molecular formula is C26H32ClN2O2+. The summed E-state index contributed by atoms with van der Waals surface area (Å²) in [5, 5.41) is 2.81. The molecule has 1 saturated heterocycles. The molecule has 0 aromatic heterocycles. The van der Waals surface area contributed by atoms with Gasteiger partial charge in [-0.2, -0.15) is 0 Å². The predicted molar refractivity (Wildman–Crippen MR) is 128 cm³/mol. The molecule has 0 bridgehead atoms. The number of hydrogen-bond donors (Lipinski definition) is 1. The number of quaternary nitrogens is 1. The SMILES string of the molecule is COc1ccc2cc(CCC(N)C3COCC[N+]3(C)Cc3ccccc3)ccc2c1Cl. The minimum absolute atomic E-state index is 0.0733. The number of halogens is 1. The van der Waals surface area contributed by atoms with Gasteiger partial charge in [-0.05, 0) is 29.9 Å². The van der Waals surface area contributed by atoms with Gasteiger partial charge >= 0.3 is 0 Å². The summed E-state index contributed by atoms with van der Waals surface area (Å²) in [6, 6.07) is 21.5. The average Bonchev–Trinajstić information content (AvgIpc) is 2.78. The minimum atomic E-state index is 0.0733. The van der Waals surface area contributed by atoms with Gasteiger partial charge in [0.05, 0.1) is 31.8 Å². The van der Waals surface area contributed by atoms with Crippen molar-refractivity contribution in [2.24, 2.45) is 5.73 Å². The molecule has 1 aliphatic rings. The summed E-state index contributed by atoms with van der Waals surface area (Å²) in [6.07, 6.45) is 1.86. The Balaban J connectivity index is 1.46. The summed E-state index contributed by atoms with van der Waals surface area (Å²) < 4.78 is 12.1. The van der Waals surface area contributed by atoms with Crippen LogP contribution in [0, 0.1) is 0 Å². The summed E-state index contributed by atoms with van der Waals surface area (Å²) in [5.74, 6) is 0.705. The fourth-order valence-corrected chi connectivity index (χ4v) is 5.08. The maximum atomic E-state index is 6.77. The molecule has 3 aromatic carbocycles. The van der Waals surface area contributed by atoms with Crippen LogP contribution in [0.3, 0.4) is 0 Å². The molecule has 1 fully saturated rings. The lowest BCUT2D eigenvalue weighted by atomic mass is 9.95. The number of ether oxygens (including phenoxy) is 2. The van der Waals surface area contributed by atoms with Crippen molar-refractivity contribution < 1.29 is 14.0 Å². The van der Waals surface area contributed by atoms with Crippen molar-refractivity contribution in [3.05, 3.63) is 76.8 Å². The van der Waals surface area contributed by atoms with E-state index in [9.17, 15) is 0 Å². The van der Waals surface area contributed by atoms with Gasteiger partial charge < -0.3 is 19.7 Å². The molecule has 1 aliphatic heterocycles. The van der Waals surface area contributed by atoms with Gasteiger partial charge in [-0.1, -0.05) is 66.2 Å². The van der Waals surface area contributed by atoms with Crippen LogP contribution in [-0.2, 0) is 17.7 Å². The molecule has 0 amide bonds. The smallest absolute Gasteiger partial charge is 0.138 e. The molecule has 0 aliphatic carbocycles. The highest BCUT2D eigenvalue weighted by Crippen LogP contribution is 2.33. The second-order valence-corrected chi connectivity index (χ2v) is 9.21. The Kier molecular flexibility index (Phi) is 6.83. The highest BCUT2D eigenvalue weighted by molar-refractivity contribution is 6.37. The second-order valence-electron chi connectivity index (χ2n) is 8.83. The third kappa shape index (κ3) is 4.88. The number of morpholine rings is 1. The molecule has 4 rings (SSSR count). The Morgan fingerprint density at radius 3 is 2.71 bits per heavy atom. The number of aryl methyl sites for hydroxylation is 1. The maximum Gasteiger partial charge on any atom is 0.138 e. The molecule has 1 heterocycles. The molecular weight excluding hydrogens is 408 g/mol. The molecule has 4 nitrogen and oxygen atoms in total. The van der Waals surface area contributed by atoms with Crippen molar-refractivity contribution in [3.8, 4) is 5.75 Å². The van der Waals surface area contributed by atoms with Gasteiger partial charge in [0, 0.05) is 10.9 Å². The summed E-state index contributed by atoms with van der Waals surface area (Å²) in [7, 11) is 3.97. The number of nitrogens with zero attached hydrogens (tertiary/aromatic N) is 1. The van der Waals surface area contributed by atoms with Crippen molar-refractivity contribution in [1.29, 1.82) is 0 Å². The fourth-order valence-electron chi connectivity index (χ4n) is 4.77. The first kappa shape index (κ1) is 22.1. The first-order valence-corrected chi connectivity index (χ1v) is 11.3. The van der Waals surface area contributed by atoms with E-state index >= 15 is 0 Å². The third-order valence-electron chi connectivity index (χ3n) is 6.69. The normalized spacial score (nSPS) is 22.4. The lowest BCUT2D eigenvalue weighted by Crippen LogP contribution is -2.64. The molecule has 5 heteroatoms. The van der Waals surface area contributed by atoms with E-state index in [4.69, 9.17) is 26.8 Å². The van der Waals surface area contributed by atoms with Crippen molar-refractivity contribution >= 4 is 22.4 Å². The zero-order valence-corrected chi connectivity index (χ0v) is 19.1. The summed E-state index contributed by atoms with van der Waals surface area (Å²) in [4.78, 5) is 0. The summed E-state index contributed by atoms with van der Waals surface area (Å²) in [6.45, 7) is 3.49. The van der Waals surface area contributed by atoms with Crippen molar-refractivity contribution in [2.45, 2.75) is 31.5 Å². The maximum absolute atomic E-state index is 6.77. The Hall–Kier alpha value is -2.11. The van der Waals surface area contributed by atoms with Crippen LogP contribution in [0.25, 0.3) is 10.8 Å². The highest BCUT2D eigenvalue weighted by Gasteiger charge is 2.40. The van der Waals surface area contributed by atoms with E-state index in [2.05, 4.69) is 61.6 Å². The zero-order chi connectivity index (χ0) is 21.8. The predicted octanol–water partition coefficient (Wildman–Crippen LogP) is 4.81. The molecule has 3 unspecified atom stereocenters. The van der Waals surface area contributed by atoms with E-state index in [-0.39, 0.29) is 12.1 Å². The molecule has 31 heavy (non-hydrogen) atoms.